The fourth-order valence-corrected chi connectivity index (χ4v) is 5.30. The second-order valence-corrected chi connectivity index (χ2v) is 9.80. The Balaban J connectivity index is 1.33. The summed E-state index contributed by atoms with van der Waals surface area (Å²) in [5.41, 5.74) is 6.12. The van der Waals surface area contributed by atoms with Crippen molar-refractivity contribution in [1.29, 1.82) is 0 Å². The molecule has 2 N–H and O–H groups in total. The molecule has 0 radical (unpaired) electrons. The van der Waals surface area contributed by atoms with Crippen molar-refractivity contribution in [3.8, 4) is 0 Å². The van der Waals surface area contributed by atoms with Gasteiger partial charge in [0, 0.05) is 43.2 Å². The smallest absolute Gasteiger partial charge is 0.305 e. The van der Waals surface area contributed by atoms with Crippen LogP contribution in [0.15, 0.2) is 39.9 Å². The molecular formula is C21H25N5O5S. The van der Waals surface area contributed by atoms with Crippen molar-refractivity contribution >= 4 is 32.8 Å². The van der Waals surface area contributed by atoms with Crippen LogP contribution in [0.4, 0.5) is 0 Å². The highest BCUT2D eigenvalue weighted by Crippen LogP contribution is 2.25. The van der Waals surface area contributed by atoms with Crippen LogP contribution in [-0.4, -0.2) is 47.2 Å². The molecule has 1 aromatic carbocycles. The summed E-state index contributed by atoms with van der Waals surface area (Å²) in [5, 5.41) is 0.842. The standard InChI is InChI=1S/C21H25N5O5S/c1-13-16-6-4-5-7-17(16)31-19(13)21(28)24-23-20(27)15-8-10-26(11-9-15)32(29,30)18-12-25(3)14(2)22-18/h4-7,12,15H,8-11H2,1-3H3,(H,23,27)(H,24,28). The third-order valence-corrected chi connectivity index (χ3v) is 7.63. The molecule has 1 fully saturated rings. The highest BCUT2D eigenvalue weighted by molar-refractivity contribution is 7.89. The maximum atomic E-state index is 12.8. The number of rotatable bonds is 4. The Morgan fingerprint density at radius 2 is 1.81 bits per heavy atom. The summed E-state index contributed by atoms with van der Waals surface area (Å²) in [7, 11) is -1.97. The van der Waals surface area contributed by atoms with E-state index in [-0.39, 0.29) is 29.8 Å². The van der Waals surface area contributed by atoms with Crippen LogP contribution in [0.2, 0.25) is 0 Å². The zero-order chi connectivity index (χ0) is 23.0. The molecule has 1 saturated heterocycles. The van der Waals surface area contributed by atoms with Crippen molar-refractivity contribution < 1.29 is 22.4 Å². The average molecular weight is 460 g/mol. The highest BCUT2D eigenvalue weighted by atomic mass is 32.2. The number of hydrogen-bond acceptors (Lipinski definition) is 6. The Hall–Kier alpha value is -3.18. The fourth-order valence-electron chi connectivity index (χ4n) is 3.81. The Morgan fingerprint density at radius 1 is 1.12 bits per heavy atom. The van der Waals surface area contributed by atoms with E-state index in [0.717, 1.165) is 5.39 Å². The van der Waals surface area contributed by atoms with Crippen molar-refractivity contribution in [3.05, 3.63) is 47.6 Å². The van der Waals surface area contributed by atoms with Crippen molar-refractivity contribution in [2.75, 3.05) is 13.1 Å². The van der Waals surface area contributed by atoms with Crippen LogP contribution >= 0.6 is 0 Å². The first-order valence-electron chi connectivity index (χ1n) is 10.3. The van der Waals surface area contributed by atoms with E-state index in [0.29, 0.717) is 29.8 Å². The summed E-state index contributed by atoms with van der Waals surface area (Å²) in [6, 6.07) is 7.30. The molecule has 170 valence electrons. The maximum Gasteiger partial charge on any atom is 0.305 e. The monoisotopic (exact) mass is 459 g/mol. The number of piperidine rings is 1. The molecule has 0 bridgehead atoms. The number of nitrogens with zero attached hydrogens (tertiary/aromatic N) is 3. The molecule has 2 amide bonds. The van der Waals surface area contributed by atoms with Gasteiger partial charge < -0.3 is 8.98 Å². The number of hydrogen-bond donors (Lipinski definition) is 2. The van der Waals surface area contributed by atoms with E-state index in [9.17, 15) is 18.0 Å². The van der Waals surface area contributed by atoms with E-state index < -0.39 is 21.8 Å². The number of para-hydroxylation sites is 1. The second-order valence-electron chi connectivity index (χ2n) is 7.91. The third kappa shape index (κ3) is 4.00. The molecule has 3 aromatic rings. The van der Waals surface area contributed by atoms with Crippen LogP contribution < -0.4 is 10.9 Å². The number of nitrogens with one attached hydrogen (secondary N) is 2. The zero-order valence-electron chi connectivity index (χ0n) is 18.1. The minimum Gasteiger partial charge on any atom is -0.451 e. The Kier molecular flexibility index (Phi) is 5.78. The van der Waals surface area contributed by atoms with Gasteiger partial charge in [0.25, 0.3) is 10.0 Å². The predicted octanol–water partition coefficient (Wildman–Crippen LogP) is 1.65. The number of hydrazine groups is 1. The number of sulfonamides is 1. The van der Waals surface area contributed by atoms with Gasteiger partial charge in [-0.05, 0) is 32.8 Å². The zero-order valence-corrected chi connectivity index (χ0v) is 18.9. The molecule has 0 atom stereocenters. The quantitative estimate of drug-likeness (QED) is 0.571. The Labute approximate surface area is 185 Å². The van der Waals surface area contributed by atoms with Crippen LogP contribution in [0.3, 0.4) is 0 Å². The van der Waals surface area contributed by atoms with Crippen LogP contribution in [0, 0.1) is 19.8 Å². The third-order valence-electron chi connectivity index (χ3n) is 5.86. The normalized spacial score (nSPS) is 15.7. The fraction of sp³-hybridized carbons (Fsp3) is 0.381. The minimum atomic E-state index is -3.70. The number of carbonyl (C=O) groups excluding carboxylic acids is 2. The lowest BCUT2D eigenvalue weighted by Crippen LogP contribution is -2.48. The van der Waals surface area contributed by atoms with Crippen LogP contribution in [0.1, 0.15) is 34.8 Å². The van der Waals surface area contributed by atoms with E-state index in [4.69, 9.17) is 4.42 Å². The summed E-state index contributed by atoms with van der Waals surface area (Å²) < 4.78 is 34.2. The molecule has 0 unspecified atom stereocenters. The Morgan fingerprint density at radius 3 is 2.44 bits per heavy atom. The Bertz CT molecular complexity index is 1270. The van der Waals surface area contributed by atoms with Crippen LogP contribution in [-0.2, 0) is 21.9 Å². The molecule has 2 aromatic heterocycles. The van der Waals surface area contributed by atoms with Gasteiger partial charge in [0.05, 0.1) is 0 Å². The SMILES string of the molecule is Cc1c(C(=O)NNC(=O)C2CCN(S(=O)(=O)c3cn(C)c(C)n3)CC2)oc2ccccc12. The molecule has 0 saturated carbocycles. The summed E-state index contributed by atoms with van der Waals surface area (Å²) in [6.45, 7) is 3.91. The van der Waals surface area contributed by atoms with Crippen molar-refractivity contribution in [2.24, 2.45) is 13.0 Å². The predicted molar refractivity (Wildman–Crippen MR) is 116 cm³/mol. The van der Waals surface area contributed by atoms with E-state index in [1.54, 1.807) is 31.5 Å². The molecule has 3 heterocycles. The van der Waals surface area contributed by atoms with Gasteiger partial charge in [-0.2, -0.15) is 4.31 Å². The molecule has 1 aliphatic rings. The minimum absolute atomic E-state index is 0.00821. The molecule has 11 heteroatoms. The number of fused-ring (bicyclic) bond motifs is 1. The van der Waals surface area contributed by atoms with E-state index in [1.165, 1.54) is 10.5 Å². The van der Waals surface area contributed by atoms with Crippen LogP contribution in [0.25, 0.3) is 11.0 Å². The maximum absolute atomic E-state index is 12.8. The molecule has 0 aliphatic carbocycles. The van der Waals surface area contributed by atoms with Gasteiger partial charge in [-0.1, -0.05) is 18.2 Å². The molecule has 10 nitrogen and oxygen atoms in total. The second kappa shape index (κ2) is 8.40. The summed E-state index contributed by atoms with van der Waals surface area (Å²) in [6.07, 6.45) is 2.17. The van der Waals surface area contributed by atoms with Gasteiger partial charge in [0.1, 0.15) is 11.4 Å². The van der Waals surface area contributed by atoms with Gasteiger partial charge in [0.2, 0.25) is 5.91 Å². The number of imidazole rings is 1. The van der Waals surface area contributed by atoms with Crippen LogP contribution in [0.5, 0.6) is 0 Å². The molecule has 1 aliphatic heterocycles. The topological polar surface area (TPSA) is 127 Å². The highest BCUT2D eigenvalue weighted by Gasteiger charge is 2.33. The summed E-state index contributed by atoms with van der Waals surface area (Å²) in [5.74, 6) is -0.578. The number of aryl methyl sites for hydroxylation is 3. The number of carbonyl (C=O) groups is 2. The first kappa shape index (κ1) is 22.0. The lowest BCUT2D eigenvalue weighted by molar-refractivity contribution is -0.126. The molecule has 32 heavy (non-hydrogen) atoms. The lowest BCUT2D eigenvalue weighted by Gasteiger charge is -2.29. The lowest BCUT2D eigenvalue weighted by atomic mass is 9.98. The first-order valence-corrected chi connectivity index (χ1v) is 11.7. The van der Waals surface area contributed by atoms with Gasteiger partial charge in [-0.15, -0.1) is 0 Å². The van der Waals surface area contributed by atoms with E-state index >= 15 is 0 Å². The van der Waals surface area contributed by atoms with Crippen molar-refractivity contribution in [2.45, 2.75) is 31.7 Å². The molecule has 4 rings (SSSR count). The molecule has 0 spiro atoms. The largest absolute Gasteiger partial charge is 0.451 e. The first-order chi connectivity index (χ1) is 15.2. The van der Waals surface area contributed by atoms with Crippen molar-refractivity contribution in [1.82, 2.24) is 24.7 Å². The van der Waals surface area contributed by atoms with E-state index in [1.807, 2.05) is 18.2 Å². The number of benzene rings is 1. The number of aromatic nitrogens is 2. The van der Waals surface area contributed by atoms with Gasteiger partial charge >= 0.3 is 5.91 Å². The van der Waals surface area contributed by atoms with Crippen molar-refractivity contribution in [3.63, 3.8) is 0 Å². The van der Waals surface area contributed by atoms with Gasteiger partial charge in [-0.3, -0.25) is 20.4 Å². The average Bonchev–Trinajstić information content (AvgIpc) is 3.31. The van der Waals surface area contributed by atoms with Gasteiger partial charge in [-0.25, -0.2) is 13.4 Å². The molecular weight excluding hydrogens is 434 g/mol. The number of furan rings is 1. The summed E-state index contributed by atoms with van der Waals surface area (Å²) >= 11 is 0. The number of amides is 2. The van der Waals surface area contributed by atoms with E-state index in [2.05, 4.69) is 15.8 Å². The summed E-state index contributed by atoms with van der Waals surface area (Å²) in [4.78, 5) is 29.1. The van der Waals surface area contributed by atoms with Gasteiger partial charge in [0.15, 0.2) is 10.8 Å².